The Morgan fingerprint density at radius 1 is 1.00 bits per heavy atom. The highest BCUT2D eigenvalue weighted by Crippen LogP contribution is 2.28. The summed E-state index contributed by atoms with van der Waals surface area (Å²) in [5.41, 5.74) is 4.90. The largest absolute Gasteiger partial charge is 0.450 e. The maximum Gasteiger partial charge on any atom is 0.375 e. The molecule has 0 bridgehead atoms. The van der Waals surface area contributed by atoms with Crippen molar-refractivity contribution in [2.45, 2.75) is 27.7 Å². The molecule has 3 aromatic rings. The van der Waals surface area contributed by atoms with E-state index in [1.807, 2.05) is 39.0 Å². The maximum absolute atomic E-state index is 12.3. The number of halogens is 1. The number of amides is 2. The van der Waals surface area contributed by atoms with Gasteiger partial charge in [-0.25, -0.2) is 4.79 Å². The van der Waals surface area contributed by atoms with Crippen molar-refractivity contribution in [1.82, 2.24) is 5.32 Å². The number of hydrogen-bond acceptors (Lipinski definition) is 5. The first kappa shape index (κ1) is 22.6. The standard InChI is InChI=1S/C23H23BrN2O5/c1-12-7-13(2)21(14(3)8-12)26-19(27)10-25-20(28)11-30-23(29)22-15(4)17-9-16(24)5-6-18(17)31-22/h5-9H,10-11H2,1-4H3,(H,25,28)(H,26,27). The van der Waals surface area contributed by atoms with Crippen LogP contribution >= 0.6 is 15.9 Å². The molecule has 0 atom stereocenters. The van der Waals surface area contributed by atoms with E-state index in [2.05, 4.69) is 26.6 Å². The predicted molar refractivity (Wildman–Crippen MR) is 121 cm³/mol. The van der Waals surface area contributed by atoms with E-state index >= 15 is 0 Å². The summed E-state index contributed by atoms with van der Waals surface area (Å²) in [5, 5.41) is 6.02. The molecular weight excluding hydrogens is 464 g/mol. The Labute approximate surface area is 188 Å². The van der Waals surface area contributed by atoms with Crippen LogP contribution in [-0.2, 0) is 14.3 Å². The minimum atomic E-state index is -0.740. The Kier molecular flexibility index (Phi) is 6.80. The summed E-state index contributed by atoms with van der Waals surface area (Å²) in [5.74, 6) is -1.65. The van der Waals surface area contributed by atoms with Crippen LogP contribution in [0.3, 0.4) is 0 Å². The molecule has 3 rings (SSSR count). The average Bonchev–Trinajstić information content (AvgIpc) is 3.03. The molecule has 0 radical (unpaired) electrons. The summed E-state index contributed by atoms with van der Waals surface area (Å²) in [7, 11) is 0. The van der Waals surface area contributed by atoms with E-state index < -0.39 is 18.5 Å². The van der Waals surface area contributed by atoms with Gasteiger partial charge in [-0.2, -0.15) is 0 Å². The number of benzene rings is 2. The molecule has 0 saturated heterocycles. The summed E-state index contributed by atoms with van der Waals surface area (Å²) in [6, 6.07) is 9.33. The fourth-order valence-corrected chi connectivity index (χ4v) is 3.74. The Bertz CT molecular complexity index is 1160. The lowest BCUT2D eigenvalue weighted by molar-refractivity contribution is -0.126. The van der Waals surface area contributed by atoms with Gasteiger partial charge < -0.3 is 19.8 Å². The molecule has 8 heteroatoms. The van der Waals surface area contributed by atoms with Crippen molar-refractivity contribution in [3.05, 3.63) is 62.8 Å². The van der Waals surface area contributed by atoms with Crippen LogP contribution in [-0.4, -0.2) is 30.9 Å². The topological polar surface area (TPSA) is 97.6 Å². The van der Waals surface area contributed by atoms with Gasteiger partial charge in [0.25, 0.3) is 5.91 Å². The lowest BCUT2D eigenvalue weighted by Crippen LogP contribution is -2.35. The molecule has 7 nitrogen and oxygen atoms in total. The second-order valence-corrected chi connectivity index (χ2v) is 8.29. The van der Waals surface area contributed by atoms with Crippen molar-refractivity contribution >= 4 is 50.4 Å². The Morgan fingerprint density at radius 3 is 2.35 bits per heavy atom. The number of carbonyl (C=O) groups excluding carboxylic acids is 3. The van der Waals surface area contributed by atoms with E-state index in [9.17, 15) is 14.4 Å². The van der Waals surface area contributed by atoms with Gasteiger partial charge >= 0.3 is 5.97 Å². The van der Waals surface area contributed by atoms with E-state index in [1.165, 1.54) is 0 Å². The maximum atomic E-state index is 12.3. The van der Waals surface area contributed by atoms with Gasteiger partial charge in [0.2, 0.25) is 11.7 Å². The van der Waals surface area contributed by atoms with Crippen LogP contribution in [0.4, 0.5) is 5.69 Å². The van der Waals surface area contributed by atoms with Crippen molar-refractivity contribution in [3.63, 3.8) is 0 Å². The number of anilines is 1. The Morgan fingerprint density at radius 2 is 1.68 bits per heavy atom. The number of fused-ring (bicyclic) bond motifs is 1. The molecule has 0 saturated carbocycles. The van der Waals surface area contributed by atoms with E-state index in [4.69, 9.17) is 9.15 Å². The Balaban J connectivity index is 1.52. The van der Waals surface area contributed by atoms with Gasteiger partial charge in [-0.05, 0) is 57.0 Å². The highest BCUT2D eigenvalue weighted by Gasteiger charge is 2.20. The second kappa shape index (κ2) is 9.34. The van der Waals surface area contributed by atoms with Crippen molar-refractivity contribution in [2.24, 2.45) is 0 Å². The third-order valence-electron chi connectivity index (χ3n) is 4.81. The summed E-state index contributed by atoms with van der Waals surface area (Å²) >= 11 is 3.38. The molecule has 2 aromatic carbocycles. The lowest BCUT2D eigenvalue weighted by atomic mass is 10.1. The highest BCUT2D eigenvalue weighted by atomic mass is 79.9. The number of aryl methyl sites for hydroxylation is 4. The van der Waals surface area contributed by atoms with Crippen molar-refractivity contribution in [1.29, 1.82) is 0 Å². The fourth-order valence-electron chi connectivity index (χ4n) is 3.38. The smallest absolute Gasteiger partial charge is 0.375 e. The molecule has 0 aliphatic rings. The van der Waals surface area contributed by atoms with Gasteiger partial charge in [0, 0.05) is 21.1 Å². The lowest BCUT2D eigenvalue weighted by Gasteiger charge is -2.13. The van der Waals surface area contributed by atoms with Crippen LogP contribution < -0.4 is 10.6 Å². The van der Waals surface area contributed by atoms with Crippen molar-refractivity contribution < 1.29 is 23.5 Å². The number of carbonyl (C=O) groups is 3. The first-order chi connectivity index (χ1) is 14.7. The van der Waals surface area contributed by atoms with Crippen LogP contribution in [0.15, 0.2) is 39.2 Å². The quantitative estimate of drug-likeness (QED) is 0.505. The molecule has 0 aliphatic carbocycles. The fraction of sp³-hybridized carbons (Fsp3) is 0.261. The summed E-state index contributed by atoms with van der Waals surface area (Å²) in [4.78, 5) is 36.5. The van der Waals surface area contributed by atoms with Gasteiger partial charge in [0.05, 0.1) is 6.54 Å². The van der Waals surface area contributed by atoms with E-state index in [0.29, 0.717) is 11.1 Å². The molecular formula is C23H23BrN2O5. The monoisotopic (exact) mass is 486 g/mol. The number of furan rings is 1. The normalized spacial score (nSPS) is 10.7. The molecule has 31 heavy (non-hydrogen) atoms. The molecule has 0 fully saturated rings. The van der Waals surface area contributed by atoms with Crippen LogP contribution in [0.1, 0.15) is 32.8 Å². The number of esters is 1. The third kappa shape index (κ3) is 5.32. The van der Waals surface area contributed by atoms with Gasteiger partial charge in [0.15, 0.2) is 6.61 Å². The summed E-state index contributed by atoms with van der Waals surface area (Å²) in [6.45, 7) is 6.79. The SMILES string of the molecule is Cc1cc(C)c(NC(=O)CNC(=O)COC(=O)c2oc3ccc(Br)cc3c2C)c(C)c1. The van der Waals surface area contributed by atoms with Crippen LogP contribution in [0.25, 0.3) is 11.0 Å². The van der Waals surface area contributed by atoms with Gasteiger partial charge in [-0.3, -0.25) is 9.59 Å². The third-order valence-corrected chi connectivity index (χ3v) is 5.30. The molecule has 0 spiro atoms. The zero-order valence-electron chi connectivity index (χ0n) is 17.7. The van der Waals surface area contributed by atoms with E-state index in [1.54, 1.807) is 19.1 Å². The average molecular weight is 487 g/mol. The summed E-state index contributed by atoms with van der Waals surface area (Å²) < 4.78 is 11.5. The number of nitrogens with one attached hydrogen (secondary N) is 2. The zero-order chi connectivity index (χ0) is 22.7. The number of rotatable bonds is 6. The van der Waals surface area contributed by atoms with Crippen LogP contribution in [0.5, 0.6) is 0 Å². The van der Waals surface area contributed by atoms with Crippen LogP contribution in [0.2, 0.25) is 0 Å². The molecule has 1 heterocycles. The number of ether oxygens (including phenoxy) is 1. The minimum absolute atomic E-state index is 0.0453. The number of hydrogen-bond donors (Lipinski definition) is 2. The van der Waals surface area contributed by atoms with Crippen LogP contribution in [0, 0.1) is 27.7 Å². The molecule has 0 aliphatic heterocycles. The van der Waals surface area contributed by atoms with Crippen molar-refractivity contribution in [2.75, 3.05) is 18.5 Å². The van der Waals surface area contributed by atoms with Gasteiger partial charge in [0.1, 0.15) is 5.58 Å². The first-order valence-corrected chi connectivity index (χ1v) is 10.4. The summed E-state index contributed by atoms with van der Waals surface area (Å²) in [6.07, 6.45) is 0. The predicted octanol–water partition coefficient (Wildman–Crippen LogP) is 4.34. The van der Waals surface area contributed by atoms with Gasteiger partial charge in [-0.15, -0.1) is 0 Å². The minimum Gasteiger partial charge on any atom is -0.450 e. The van der Waals surface area contributed by atoms with Gasteiger partial charge in [-0.1, -0.05) is 33.6 Å². The molecule has 1 aromatic heterocycles. The molecule has 2 amide bonds. The molecule has 0 unspecified atom stereocenters. The van der Waals surface area contributed by atoms with Crippen molar-refractivity contribution in [3.8, 4) is 0 Å². The highest BCUT2D eigenvalue weighted by molar-refractivity contribution is 9.10. The van der Waals surface area contributed by atoms with E-state index in [0.717, 1.165) is 32.2 Å². The first-order valence-electron chi connectivity index (χ1n) is 9.66. The zero-order valence-corrected chi connectivity index (χ0v) is 19.3. The van der Waals surface area contributed by atoms with E-state index in [-0.39, 0.29) is 18.2 Å². The molecule has 2 N–H and O–H groups in total. The second-order valence-electron chi connectivity index (χ2n) is 7.37. The molecule has 162 valence electrons. The Hall–Kier alpha value is -3.13.